The van der Waals surface area contributed by atoms with Gasteiger partial charge < -0.3 is 5.32 Å². The quantitative estimate of drug-likeness (QED) is 0.842. The zero-order valence-corrected chi connectivity index (χ0v) is 11.6. The van der Waals surface area contributed by atoms with Crippen LogP contribution in [0.2, 0.25) is 0 Å². The molecule has 0 spiro atoms. The summed E-state index contributed by atoms with van der Waals surface area (Å²) in [5.41, 5.74) is 2.42. The zero-order chi connectivity index (χ0) is 13.8. The van der Waals surface area contributed by atoms with Crippen molar-refractivity contribution in [2.24, 2.45) is 0 Å². The third kappa shape index (κ3) is 2.81. The molecule has 0 saturated carbocycles. The van der Waals surface area contributed by atoms with E-state index in [0.717, 1.165) is 24.4 Å². The van der Waals surface area contributed by atoms with Gasteiger partial charge in [0.1, 0.15) is 6.33 Å². The van der Waals surface area contributed by atoms with Crippen LogP contribution in [-0.4, -0.2) is 21.1 Å². The number of hydrogen-bond donors (Lipinski definition) is 1. The highest BCUT2D eigenvalue weighted by molar-refractivity contribution is 5.33. The molecule has 2 heterocycles. The molecule has 0 unspecified atom stereocenters. The van der Waals surface area contributed by atoms with Gasteiger partial charge in [0.2, 0.25) is 0 Å². The van der Waals surface area contributed by atoms with Gasteiger partial charge in [-0.25, -0.2) is 14.4 Å². The number of halogens is 1. The first kappa shape index (κ1) is 13.7. The zero-order valence-electron chi connectivity index (χ0n) is 11.6. The SMILES string of the molecule is CCCNCc1ccnc(-n2cnc(C)c2C)c1F. The van der Waals surface area contributed by atoms with E-state index in [1.807, 2.05) is 13.8 Å². The predicted octanol–water partition coefficient (Wildman–Crippen LogP) is 2.52. The molecule has 0 amide bonds. The van der Waals surface area contributed by atoms with Gasteiger partial charge in [0.05, 0.1) is 5.69 Å². The van der Waals surface area contributed by atoms with Gasteiger partial charge in [-0.15, -0.1) is 0 Å². The van der Waals surface area contributed by atoms with Crippen molar-refractivity contribution in [2.75, 3.05) is 6.54 Å². The van der Waals surface area contributed by atoms with Crippen molar-refractivity contribution in [3.8, 4) is 5.82 Å². The lowest BCUT2D eigenvalue weighted by Gasteiger charge is -2.10. The number of aryl methyl sites for hydroxylation is 1. The third-order valence-electron chi connectivity index (χ3n) is 3.17. The fourth-order valence-electron chi connectivity index (χ4n) is 1.89. The lowest BCUT2D eigenvalue weighted by molar-refractivity contribution is 0.571. The molecule has 0 saturated heterocycles. The minimum absolute atomic E-state index is 0.286. The van der Waals surface area contributed by atoms with Crippen LogP contribution in [0.3, 0.4) is 0 Å². The molecule has 0 aliphatic rings. The van der Waals surface area contributed by atoms with E-state index in [-0.39, 0.29) is 5.82 Å². The Labute approximate surface area is 112 Å². The highest BCUT2D eigenvalue weighted by Gasteiger charge is 2.13. The van der Waals surface area contributed by atoms with E-state index < -0.39 is 0 Å². The number of nitrogens with zero attached hydrogens (tertiary/aromatic N) is 3. The number of aromatic nitrogens is 3. The third-order valence-corrected chi connectivity index (χ3v) is 3.17. The number of imidazole rings is 1. The van der Waals surface area contributed by atoms with Crippen LogP contribution in [0.15, 0.2) is 18.6 Å². The van der Waals surface area contributed by atoms with Crippen molar-refractivity contribution in [3.05, 3.63) is 41.4 Å². The Kier molecular flexibility index (Phi) is 4.27. The normalized spacial score (nSPS) is 10.9. The topological polar surface area (TPSA) is 42.7 Å². The standard InChI is InChI=1S/C14H19FN4/c1-4-6-16-8-12-5-7-17-14(13(12)15)19-9-18-10(2)11(19)3/h5,7,9,16H,4,6,8H2,1-3H3. The van der Waals surface area contributed by atoms with Crippen LogP contribution in [0.1, 0.15) is 30.3 Å². The van der Waals surface area contributed by atoms with Gasteiger partial charge in [0.25, 0.3) is 0 Å². The summed E-state index contributed by atoms with van der Waals surface area (Å²) in [6, 6.07) is 1.71. The van der Waals surface area contributed by atoms with Crippen LogP contribution in [0.4, 0.5) is 4.39 Å². The van der Waals surface area contributed by atoms with Gasteiger partial charge in [0.15, 0.2) is 11.6 Å². The molecule has 5 heteroatoms. The second-order valence-corrected chi connectivity index (χ2v) is 4.57. The lowest BCUT2D eigenvalue weighted by atomic mass is 10.2. The second kappa shape index (κ2) is 5.93. The predicted molar refractivity (Wildman–Crippen MR) is 72.8 cm³/mol. The van der Waals surface area contributed by atoms with Gasteiger partial charge in [0, 0.05) is 24.0 Å². The Hall–Kier alpha value is -1.75. The van der Waals surface area contributed by atoms with E-state index in [1.165, 1.54) is 0 Å². The highest BCUT2D eigenvalue weighted by atomic mass is 19.1. The van der Waals surface area contributed by atoms with Gasteiger partial charge in [-0.1, -0.05) is 6.92 Å². The van der Waals surface area contributed by atoms with Crippen LogP contribution < -0.4 is 5.32 Å². The minimum atomic E-state index is -0.286. The molecule has 0 atom stereocenters. The molecule has 1 N–H and O–H groups in total. The maximum Gasteiger partial charge on any atom is 0.174 e. The van der Waals surface area contributed by atoms with Crippen molar-refractivity contribution in [1.82, 2.24) is 19.9 Å². The fraction of sp³-hybridized carbons (Fsp3) is 0.429. The van der Waals surface area contributed by atoms with Crippen LogP contribution in [-0.2, 0) is 6.54 Å². The van der Waals surface area contributed by atoms with Gasteiger partial charge in [-0.3, -0.25) is 4.57 Å². The van der Waals surface area contributed by atoms with Crippen molar-refractivity contribution in [3.63, 3.8) is 0 Å². The van der Waals surface area contributed by atoms with Crippen LogP contribution in [0, 0.1) is 19.7 Å². The number of rotatable bonds is 5. The molecular weight excluding hydrogens is 243 g/mol. The molecule has 0 bridgehead atoms. The molecule has 0 fully saturated rings. The van der Waals surface area contributed by atoms with Gasteiger partial charge in [-0.2, -0.15) is 0 Å². The van der Waals surface area contributed by atoms with Crippen molar-refractivity contribution < 1.29 is 4.39 Å². The molecule has 0 radical (unpaired) electrons. The number of nitrogens with one attached hydrogen (secondary N) is 1. The van der Waals surface area contributed by atoms with E-state index >= 15 is 0 Å². The molecule has 0 aliphatic heterocycles. The number of hydrogen-bond acceptors (Lipinski definition) is 3. The first-order valence-corrected chi connectivity index (χ1v) is 6.50. The van der Waals surface area contributed by atoms with Crippen LogP contribution >= 0.6 is 0 Å². The molecule has 102 valence electrons. The molecule has 4 nitrogen and oxygen atoms in total. The summed E-state index contributed by atoms with van der Waals surface area (Å²) in [6.07, 6.45) is 4.27. The van der Waals surface area contributed by atoms with Gasteiger partial charge in [-0.05, 0) is 32.9 Å². The van der Waals surface area contributed by atoms with E-state index in [1.54, 1.807) is 23.2 Å². The Morgan fingerprint density at radius 3 is 2.74 bits per heavy atom. The molecular formula is C14H19FN4. The maximum absolute atomic E-state index is 14.4. The van der Waals surface area contributed by atoms with Crippen molar-refractivity contribution in [2.45, 2.75) is 33.7 Å². The summed E-state index contributed by atoms with van der Waals surface area (Å²) < 4.78 is 16.1. The van der Waals surface area contributed by atoms with E-state index in [9.17, 15) is 4.39 Å². The summed E-state index contributed by atoms with van der Waals surface area (Å²) in [7, 11) is 0. The largest absolute Gasteiger partial charge is 0.313 e. The van der Waals surface area contributed by atoms with E-state index in [4.69, 9.17) is 0 Å². The summed E-state index contributed by atoms with van der Waals surface area (Å²) in [5.74, 6) is 0.0282. The van der Waals surface area contributed by atoms with Crippen molar-refractivity contribution in [1.29, 1.82) is 0 Å². The maximum atomic E-state index is 14.4. The molecule has 19 heavy (non-hydrogen) atoms. The van der Waals surface area contributed by atoms with Crippen LogP contribution in [0.5, 0.6) is 0 Å². The molecule has 0 aliphatic carbocycles. The summed E-state index contributed by atoms with van der Waals surface area (Å²) >= 11 is 0. The molecule has 2 aromatic rings. The molecule has 2 aromatic heterocycles. The average Bonchev–Trinajstić information content (AvgIpc) is 2.73. The van der Waals surface area contributed by atoms with Crippen molar-refractivity contribution >= 4 is 0 Å². The van der Waals surface area contributed by atoms with E-state index in [2.05, 4.69) is 22.2 Å². The fourth-order valence-corrected chi connectivity index (χ4v) is 1.89. The number of pyridine rings is 1. The van der Waals surface area contributed by atoms with Crippen LogP contribution in [0.25, 0.3) is 5.82 Å². The Morgan fingerprint density at radius 1 is 1.32 bits per heavy atom. The second-order valence-electron chi connectivity index (χ2n) is 4.57. The first-order chi connectivity index (χ1) is 9.15. The molecule has 2 rings (SSSR count). The monoisotopic (exact) mass is 262 g/mol. The summed E-state index contributed by atoms with van der Waals surface area (Å²) in [4.78, 5) is 8.31. The highest BCUT2D eigenvalue weighted by Crippen LogP contribution is 2.17. The van der Waals surface area contributed by atoms with E-state index in [0.29, 0.717) is 17.9 Å². The molecule has 0 aromatic carbocycles. The van der Waals surface area contributed by atoms with Gasteiger partial charge >= 0.3 is 0 Å². The minimum Gasteiger partial charge on any atom is -0.313 e. The smallest absolute Gasteiger partial charge is 0.174 e. The summed E-state index contributed by atoms with van der Waals surface area (Å²) in [5, 5.41) is 3.20. The Balaban J connectivity index is 2.32. The Morgan fingerprint density at radius 2 is 2.11 bits per heavy atom. The lowest BCUT2D eigenvalue weighted by Crippen LogP contribution is -2.16. The Bertz CT molecular complexity index is 563. The summed E-state index contributed by atoms with van der Waals surface area (Å²) in [6.45, 7) is 7.28. The average molecular weight is 262 g/mol. The first-order valence-electron chi connectivity index (χ1n) is 6.50.